The molecule has 0 N–H and O–H groups in total. The van der Waals surface area contributed by atoms with E-state index in [2.05, 4.69) is 53.2 Å². The molecule has 140 valence electrons. The van der Waals surface area contributed by atoms with E-state index in [1.807, 2.05) is 19.1 Å². The summed E-state index contributed by atoms with van der Waals surface area (Å²) >= 11 is 0. The molecule has 0 bridgehead atoms. The van der Waals surface area contributed by atoms with Crippen molar-refractivity contribution in [3.05, 3.63) is 76.1 Å². The van der Waals surface area contributed by atoms with Crippen molar-refractivity contribution in [2.75, 3.05) is 25.0 Å². The number of rotatable bonds is 5. The highest BCUT2D eigenvalue weighted by Gasteiger charge is 2.26. The summed E-state index contributed by atoms with van der Waals surface area (Å²) in [5, 5.41) is 1.04. The maximum atomic E-state index is 12.0. The lowest BCUT2D eigenvalue weighted by atomic mass is 10.1. The van der Waals surface area contributed by atoms with Crippen molar-refractivity contribution < 1.29 is 4.42 Å². The van der Waals surface area contributed by atoms with E-state index in [0.29, 0.717) is 11.6 Å². The van der Waals surface area contributed by atoms with Crippen molar-refractivity contribution in [1.29, 1.82) is 0 Å². The van der Waals surface area contributed by atoms with Gasteiger partial charge in [-0.15, -0.1) is 0 Å². The molecule has 0 aliphatic carbocycles. The molecule has 0 saturated carbocycles. The van der Waals surface area contributed by atoms with Crippen molar-refractivity contribution in [3.8, 4) is 0 Å². The van der Waals surface area contributed by atoms with E-state index in [1.165, 1.54) is 18.5 Å². The van der Waals surface area contributed by atoms with Crippen molar-refractivity contribution >= 4 is 16.7 Å². The van der Waals surface area contributed by atoms with Gasteiger partial charge in [0, 0.05) is 43.3 Å². The highest BCUT2D eigenvalue weighted by atomic mass is 16.4. The SMILES string of the molecule is Cc1ccc2c(CN3CCCC3CN(C)c3ccccc3)cc(=O)oc2c1. The summed E-state index contributed by atoms with van der Waals surface area (Å²) in [5.41, 5.74) is 3.84. The van der Waals surface area contributed by atoms with Crippen molar-refractivity contribution in [1.82, 2.24) is 4.90 Å². The zero-order chi connectivity index (χ0) is 18.8. The van der Waals surface area contributed by atoms with Crippen molar-refractivity contribution in [2.24, 2.45) is 0 Å². The number of aryl methyl sites for hydroxylation is 1. The van der Waals surface area contributed by atoms with Crippen LogP contribution in [0.15, 0.2) is 63.8 Å². The predicted octanol–water partition coefficient (Wildman–Crippen LogP) is 4.20. The molecule has 1 fully saturated rings. The molecule has 2 aromatic carbocycles. The first-order valence-corrected chi connectivity index (χ1v) is 9.64. The Labute approximate surface area is 160 Å². The average molecular weight is 362 g/mol. The second kappa shape index (κ2) is 7.57. The van der Waals surface area contributed by atoms with Gasteiger partial charge in [-0.05, 0) is 55.6 Å². The molecule has 4 nitrogen and oxygen atoms in total. The minimum atomic E-state index is -0.264. The summed E-state index contributed by atoms with van der Waals surface area (Å²) in [4.78, 5) is 16.9. The fourth-order valence-electron chi connectivity index (χ4n) is 4.10. The lowest BCUT2D eigenvalue weighted by Crippen LogP contribution is -2.38. The number of hydrogen-bond acceptors (Lipinski definition) is 4. The van der Waals surface area contributed by atoms with Gasteiger partial charge in [-0.25, -0.2) is 4.79 Å². The first-order valence-electron chi connectivity index (χ1n) is 9.64. The maximum absolute atomic E-state index is 12.0. The molecule has 1 unspecified atom stereocenters. The molecule has 0 amide bonds. The Morgan fingerprint density at radius 2 is 1.96 bits per heavy atom. The van der Waals surface area contributed by atoms with Crippen LogP contribution in [0.1, 0.15) is 24.0 Å². The summed E-state index contributed by atoms with van der Waals surface area (Å²) in [6.07, 6.45) is 2.39. The molecular weight excluding hydrogens is 336 g/mol. The zero-order valence-corrected chi connectivity index (χ0v) is 16.0. The Balaban J connectivity index is 1.55. The third kappa shape index (κ3) is 3.91. The van der Waals surface area contributed by atoms with Crippen LogP contribution in [0.2, 0.25) is 0 Å². The van der Waals surface area contributed by atoms with Gasteiger partial charge in [0.15, 0.2) is 0 Å². The number of fused-ring (bicyclic) bond motifs is 1. The molecule has 27 heavy (non-hydrogen) atoms. The summed E-state index contributed by atoms with van der Waals surface area (Å²) in [6.45, 7) is 4.86. The predicted molar refractivity (Wildman–Crippen MR) is 110 cm³/mol. The number of benzene rings is 2. The van der Waals surface area contributed by atoms with Gasteiger partial charge in [0.25, 0.3) is 0 Å². The highest BCUT2D eigenvalue weighted by Crippen LogP contribution is 2.25. The summed E-state index contributed by atoms with van der Waals surface area (Å²) in [6, 6.07) is 18.8. The molecule has 1 aromatic heterocycles. The van der Waals surface area contributed by atoms with Gasteiger partial charge < -0.3 is 9.32 Å². The Kier molecular flexibility index (Phi) is 4.99. The molecule has 1 atom stereocenters. The fraction of sp³-hybridized carbons (Fsp3) is 0.348. The number of para-hydroxylation sites is 1. The Hall–Kier alpha value is -2.59. The van der Waals surface area contributed by atoms with E-state index in [-0.39, 0.29) is 5.63 Å². The van der Waals surface area contributed by atoms with Gasteiger partial charge >= 0.3 is 5.63 Å². The first-order chi connectivity index (χ1) is 13.1. The average Bonchev–Trinajstić information content (AvgIpc) is 3.08. The molecule has 4 rings (SSSR count). The molecule has 0 radical (unpaired) electrons. The van der Waals surface area contributed by atoms with Crippen molar-refractivity contribution in [2.45, 2.75) is 32.4 Å². The van der Waals surface area contributed by atoms with Gasteiger partial charge in [-0.3, -0.25) is 4.90 Å². The molecule has 2 heterocycles. The molecule has 1 aliphatic rings. The van der Waals surface area contributed by atoms with E-state index in [9.17, 15) is 4.79 Å². The van der Waals surface area contributed by atoms with Crippen LogP contribution in [-0.4, -0.2) is 31.1 Å². The van der Waals surface area contributed by atoms with Gasteiger partial charge in [0.05, 0.1) is 0 Å². The first kappa shape index (κ1) is 17.8. The van der Waals surface area contributed by atoms with E-state index >= 15 is 0 Å². The maximum Gasteiger partial charge on any atom is 0.336 e. The van der Waals surface area contributed by atoms with Crippen LogP contribution in [0.3, 0.4) is 0 Å². The van der Waals surface area contributed by atoms with Crippen LogP contribution in [-0.2, 0) is 6.54 Å². The number of likely N-dealkylation sites (N-methyl/N-ethyl adjacent to an activating group) is 1. The largest absolute Gasteiger partial charge is 0.423 e. The quantitative estimate of drug-likeness (QED) is 0.638. The van der Waals surface area contributed by atoms with Crippen LogP contribution in [0, 0.1) is 6.92 Å². The molecule has 3 aromatic rings. The minimum absolute atomic E-state index is 0.264. The fourth-order valence-corrected chi connectivity index (χ4v) is 4.10. The van der Waals surface area contributed by atoms with Gasteiger partial charge in [-0.2, -0.15) is 0 Å². The van der Waals surface area contributed by atoms with E-state index in [4.69, 9.17) is 4.42 Å². The number of likely N-dealkylation sites (tertiary alicyclic amines) is 1. The zero-order valence-electron chi connectivity index (χ0n) is 16.0. The molecule has 0 spiro atoms. The third-order valence-electron chi connectivity index (χ3n) is 5.54. The second-order valence-corrected chi connectivity index (χ2v) is 7.57. The van der Waals surface area contributed by atoms with Crippen LogP contribution in [0.4, 0.5) is 5.69 Å². The Morgan fingerprint density at radius 1 is 1.15 bits per heavy atom. The Morgan fingerprint density at radius 3 is 2.78 bits per heavy atom. The summed E-state index contributed by atoms with van der Waals surface area (Å²) < 4.78 is 5.41. The highest BCUT2D eigenvalue weighted by molar-refractivity contribution is 5.80. The van der Waals surface area contributed by atoms with Crippen LogP contribution in [0.25, 0.3) is 11.0 Å². The van der Waals surface area contributed by atoms with Gasteiger partial charge in [0.1, 0.15) is 5.58 Å². The molecule has 1 saturated heterocycles. The van der Waals surface area contributed by atoms with E-state index < -0.39 is 0 Å². The Bertz CT molecular complexity index is 981. The molecule has 1 aliphatic heterocycles. The van der Waals surface area contributed by atoms with E-state index in [0.717, 1.165) is 36.1 Å². The summed E-state index contributed by atoms with van der Waals surface area (Å²) in [7, 11) is 2.15. The molecule has 4 heteroatoms. The number of nitrogens with zero attached hydrogens (tertiary/aromatic N) is 2. The topological polar surface area (TPSA) is 36.7 Å². The normalized spacial score (nSPS) is 17.5. The summed E-state index contributed by atoms with van der Waals surface area (Å²) in [5.74, 6) is 0. The van der Waals surface area contributed by atoms with Crippen LogP contribution < -0.4 is 10.5 Å². The number of anilines is 1. The van der Waals surface area contributed by atoms with E-state index in [1.54, 1.807) is 6.07 Å². The smallest absolute Gasteiger partial charge is 0.336 e. The minimum Gasteiger partial charge on any atom is -0.423 e. The number of hydrogen-bond donors (Lipinski definition) is 0. The standard InChI is InChI=1S/C23H26N2O2/c1-17-10-11-21-18(14-23(26)27-22(21)13-17)15-25-12-6-9-20(25)16-24(2)19-7-4-3-5-8-19/h3-5,7-8,10-11,13-14,20H,6,9,12,15-16H2,1-2H3. The van der Waals surface area contributed by atoms with Crippen LogP contribution in [0.5, 0.6) is 0 Å². The molecular formula is C23H26N2O2. The lowest BCUT2D eigenvalue weighted by Gasteiger charge is -2.30. The van der Waals surface area contributed by atoms with Crippen molar-refractivity contribution in [3.63, 3.8) is 0 Å². The van der Waals surface area contributed by atoms with Crippen LogP contribution >= 0.6 is 0 Å². The van der Waals surface area contributed by atoms with Gasteiger partial charge in [-0.1, -0.05) is 30.3 Å². The lowest BCUT2D eigenvalue weighted by molar-refractivity contribution is 0.249. The monoisotopic (exact) mass is 362 g/mol. The second-order valence-electron chi connectivity index (χ2n) is 7.57. The van der Waals surface area contributed by atoms with Gasteiger partial charge in [0.2, 0.25) is 0 Å². The third-order valence-corrected chi connectivity index (χ3v) is 5.54.